The number of nitrogens with one attached hydrogen (secondary N) is 1. The molecule has 1 heterocycles. The summed E-state index contributed by atoms with van der Waals surface area (Å²) in [6, 6.07) is 8.75. The van der Waals surface area contributed by atoms with E-state index in [0.29, 0.717) is 16.4 Å². The van der Waals surface area contributed by atoms with Crippen LogP contribution in [0, 0.1) is 3.57 Å². The molecule has 2 rings (SSSR count). The van der Waals surface area contributed by atoms with Gasteiger partial charge in [0.05, 0.1) is 10.7 Å². The van der Waals surface area contributed by atoms with Crippen molar-refractivity contribution in [1.82, 2.24) is 4.98 Å². The molecule has 18 heavy (non-hydrogen) atoms. The van der Waals surface area contributed by atoms with Crippen molar-refractivity contribution in [2.75, 3.05) is 5.32 Å². The van der Waals surface area contributed by atoms with Crippen LogP contribution >= 0.6 is 34.2 Å². The molecule has 4 nitrogen and oxygen atoms in total. The van der Waals surface area contributed by atoms with Crippen molar-refractivity contribution in [2.45, 2.75) is 0 Å². The van der Waals surface area contributed by atoms with E-state index in [-0.39, 0.29) is 0 Å². The first-order valence-electron chi connectivity index (χ1n) is 5.04. The lowest BCUT2D eigenvalue weighted by molar-refractivity contribution is 0.1000. The lowest BCUT2D eigenvalue weighted by Gasteiger charge is -2.08. The van der Waals surface area contributed by atoms with Gasteiger partial charge in [-0.25, -0.2) is 4.98 Å². The fourth-order valence-electron chi connectivity index (χ4n) is 1.38. The van der Waals surface area contributed by atoms with Gasteiger partial charge in [0.15, 0.2) is 0 Å². The summed E-state index contributed by atoms with van der Waals surface area (Å²) in [5.74, 6) is 0.0311. The molecule has 3 N–H and O–H groups in total. The van der Waals surface area contributed by atoms with E-state index in [2.05, 4.69) is 32.9 Å². The summed E-state index contributed by atoms with van der Waals surface area (Å²) in [5.41, 5.74) is 6.33. The summed E-state index contributed by atoms with van der Waals surface area (Å²) < 4.78 is 1.04. The van der Waals surface area contributed by atoms with Crippen molar-refractivity contribution in [3.63, 3.8) is 0 Å². The number of hydrogen-bond acceptors (Lipinski definition) is 3. The van der Waals surface area contributed by atoms with Gasteiger partial charge in [0.1, 0.15) is 5.82 Å². The van der Waals surface area contributed by atoms with Crippen LogP contribution in [-0.2, 0) is 0 Å². The molecule has 6 heteroatoms. The number of nitrogens with zero attached hydrogens (tertiary/aromatic N) is 1. The molecule has 1 aromatic heterocycles. The van der Waals surface area contributed by atoms with Crippen molar-refractivity contribution in [3.8, 4) is 0 Å². The molecule has 92 valence electrons. The van der Waals surface area contributed by atoms with E-state index in [4.69, 9.17) is 17.3 Å². The van der Waals surface area contributed by atoms with Crippen LogP contribution in [0.5, 0.6) is 0 Å². The maximum absolute atomic E-state index is 11.1. The number of benzene rings is 1. The minimum atomic E-state index is -0.492. The number of carbonyl (C=O) groups is 1. The zero-order valence-electron chi connectivity index (χ0n) is 9.15. The number of nitrogens with two attached hydrogens (primary N) is 1. The van der Waals surface area contributed by atoms with Gasteiger partial charge >= 0.3 is 0 Å². The molecule has 0 bridgehead atoms. The quantitative estimate of drug-likeness (QED) is 0.812. The number of rotatable bonds is 3. The minimum absolute atomic E-state index is 0.397. The van der Waals surface area contributed by atoms with E-state index >= 15 is 0 Å². The van der Waals surface area contributed by atoms with Gasteiger partial charge in [-0.3, -0.25) is 4.79 Å². The van der Waals surface area contributed by atoms with Crippen LogP contribution < -0.4 is 11.1 Å². The van der Waals surface area contributed by atoms with Crippen molar-refractivity contribution in [3.05, 3.63) is 50.7 Å². The van der Waals surface area contributed by atoms with Crippen LogP contribution in [0.4, 0.5) is 11.5 Å². The van der Waals surface area contributed by atoms with Gasteiger partial charge in [0.25, 0.3) is 0 Å². The topological polar surface area (TPSA) is 68.0 Å². The molecule has 2 aromatic rings. The average Bonchev–Trinajstić information content (AvgIpc) is 2.33. The Morgan fingerprint density at radius 2 is 2.11 bits per heavy atom. The van der Waals surface area contributed by atoms with Gasteiger partial charge in [-0.2, -0.15) is 0 Å². The Balaban J connectivity index is 2.28. The predicted octanol–water partition coefficient (Wildman–Crippen LogP) is 3.18. The summed E-state index contributed by atoms with van der Waals surface area (Å²) in [6.07, 6.45) is 1.52. The third-order valence-corrected chi connectivity index (χ3v) is 3.22. The summed E-state index contributed by atoms with van der Waals surface area (Å²) in [6.45, 7) is 0. The lowest BCUT2D eigenvalue weighted by Crippen LogP contribution is -2.11. The molecular weight excluding hydrogens is 365 g/mol. The number of aromatic nitrogens is 1. The van der Waals surface area contributed by atoms with E-state index in [1.165, 1.54) is 6.20 Å². The lowest BCUT2D eigenvalue weighted by atomic mass is 10.2. The number of carbonyl (C=O) groups excluding carboxylic acids is 1. The molecule has 1 amide bonds. The Hall–Kier alpha value is -1.34. The number of primary amides is 1. The molecule has 0 aliphatic carbocycles. The fraction of sp³-hybridized carbons (Fsp3) is 0. The monoisotopic (exact) mass is 373 g/mol. The number of anilines is 2. The Morgan fingerprint density at radius 1 is 1.33 bits per heavy atom. The van der Waals surface area contributed by atoms with E-state index in [9.17, 15) is 4.79 Å². The average molecular weight is 374 g/mol. The molecular formula is C12H9ClIN3O. The molecule has 0 unspecified atom stereocenters. The van der Waals surface area contributed by atoms with Crippen LogP contribution in [-0.4, -0.2) is 10.9 Å². The van der Waals surface area contributed by atoms with Crippen LogP contribution in [0.2, 0.25) is 5.02 Å². The van der Waals surface area contributed by atoms with Crippen LogP contribution in [0.1, 0.15) is 10.4 Å². The second kappa shape index (κ2) is 5.53. The van der Waals surface area contributed by atoms with Gasteiger partial charge in [0.2, 0.25) is 5.91 Å². The first-order valence-corrected chi connectivity index (χ1v) is 6.50. The minimum Gasteiger partial charge on any atom is -0.366 e. The number of amides is 1. The number of pyridine rings is 1. The highest BCUT2D eigenvalue weighted by atomic mass is 127. The van der Waals surface area contributed by atoms with Crippen LogP contribution in [0.25, 0.3) is 0 Å². The third-order valence-electron chi connectivity index (χ3n) is 2.24. The number of halogens is 2. The van der Waals surface area contributed by atoms with Gasteiger partial charge in [-0.1, -0.05) is 11.6 Å². The maximum Gasteiger partial charge on any atom is 0.248 e. The Labute approximate surface area is 123 Å². The van der Waals surface area contributed by atoms with Crippen LogP contribution in [0.3, 0.4) is 0 Å². The second-order valence-corrected chi connectivity index (χ2v) is 5.20. The first-order chi connectivity index (χ1) is 8.56. The number of hydrogen-bond donors (Lipinski definition) is 2. The molecule has 0 fully saturated rings. The zero-order chi connectivity index (χ0) is 13.1. The molecule has 1 aromatic carbocycles. The third kappa shape index (κ3) is 3.11. The van der Waals surface area contributed by atoms with Gasteiger partial charge in [0, 0.05) is 15.3 Å². The maximum atomic E-state index is 11.1. The van der Waals surface area contributed by atoms with Crippen molar-refractivity contribution in [2.24, 2.45) is 5.73 Å². The van der Waals surface area contributed by atoms with Crippen molar-refractivity contribution in [1.29, 1.82) is 0 Å². The Morgan fingerprint density at radius 3 is 2.78 bits per heavy atom. The SMILES string of the molecule is NC(=O)c1ccnc(Nc2ccc(I)cc2Cl)c1. The fourth-order valence-corrected chi connectivity index (χ4v) is 2.28. The Kier molecular flexibility index (Phi) is 4.03. The predicted molar refractivity (Wildman–Crippen MR) is 80.2 cm³/mol. The van der Waals surface area contributed by atoms with Crippen molar-refractivity contribution >= 4 is 51.6 Å². The summed E-state index contributed by atoms with van der Waals surface area (Å²) in [7, 11) is 0. The molecule has 0 radical (unpaired) electrons. The highest BCUT2D eigenvalue weighted by Gasteiger charge is 2.05. The summed E-state index contributed by atoms with van der Waals surface area (Å²) in [5, 5.41) is 3.63. The highest BCUT2D eigenvalue weighted by Crippen LogP contribution is 2.26. The van der Waals surface area contributed by atoms with E-state index in [1.807, 2.05) is 18.2 Å². The molecule has 0 saturated heterocycles. The van der Waals surface area contributed by atoms with Crippen LogP contribution in [0.15, 0.2) is 36.5 Å². The summed E-state index contributed by atoms with van der Waals surface area (Å²) >= 11 is 8.27. The molecule has 0 atom stereocenters. The molecule has 0 saturated carbocycles. The van der Waals surface area contributed by atoms with E-state index < -0.39 is 5.91 Å². The van der Waals surface area contributed by atoms with E-state index in [1.54, 1.807) is 12.1 Å². The standard InChI is InChI=1S/C12H9ClIN3O/c13-9-6-8(14)1-2-10(9)17-11-5-7(12(15)18)3-4-16-11/h1-6H,(H2,15,18)(H,16,17). The van der Waals surface area contributed by atoms with Crippen molar-refractivity contribution < 1.29 is 4.79 Å². The Bertz CT molecular complexity index is 604. The van der Waals surface area contributed by atoms with Gasteiger partial charge in [-0.15, -0.1) is 0 Å². The second-order valence-electron chi connectivity index (χ2n) is 3.54. The molecule has 0 spiro atoms. The zero-order valence-corrected chi connectivity index (χ0v) is 12.1. The normalized spacial score (nSPS) is 10.1. The first kappa shape index (κ1) is 13.1. The van der Waals surface area contributed by atoms with E-state index in [0.717, 1.165) is 9.26 Å². The van der Waals surface area contributed by atoms with Gasteiger partial charge < -0.3 is 11.1 Å². The molecule has 0 aliphatic rings. The van der Waals surface area contributed by atoms with Gasteiger partial charge in [-0.05, 0) is 52.9 Å². The highest BCUT2D eigenvalue weighted by molar-refractivity contribution is 14.1. The molecule has 0 aliphatic heterocycles. The largest absolute Gasteiger partial charge is 0.366 e. The smallest absolute Gasteiger partial charge is 0.248 e. The summed E-state index contributed by atoms with van der Waals surface area (Å²) in [4.78, 5) is 15.2.